The highest BCUT2D eigenvalue weighted by Crippen LogP contribution is 2.28. The van der Waals surface area contributed by atoms with Crippen LogP contribution >= 0.6 is 0 Å². The van der Waals surface area contributed by atoms with E-state index in [2.05, 4.69) is 34.1 Å². The van der Waals surface area contributed by atoms with E-state index < -0.39 is 0 Å². The van der Waals surface area contributed by atoms with Gasteiger partial charge in [0.15, 0.2) is 0 Å². The fourth-order valence-electron chi connectivity index (χ4n) is 5.39. The number of methoxy groups -OCH3 is 1. The van der Waals surface area contributed by atoms with Crippen molar-refractivity contribution < 1.29 is 9.53 Å². The van der Waals surface area contributed by atoms with Gasteiger partial charge in [0.2, 0.25) is 5.91 Å². The number of aromatic nitrogens is 1. The largest absolute Gasteiger partial charge is 0.497 e. The predicted molar refractivity (Wildman–Crippen MR) is 142 cm³/mol. The summed E-state index contributed by atoms with van der Waals surface area (Å²) in [5.41, 5.74) is 2.15. The summed E-state index contributed by atoms with van der Waals surface area (Å²) in [5.74, 6) is 2.06. The molecule has 3 aromatic rings. The molecular formula is C29H36N4O2. The summed E-state index contributed by atoms with van der Waals surface area (Å²) >= 11 is 0. The van der Waals surface area contributed by atoms with Gasteiger partial charge in [0.1, 0.15) is 11.6 Å². The Morgan fingerprint density at radius 1 is 0.971 bits per heavy atom. The van der Waals surface area contributed by atoms with E-state index in [1.807, 2.05) is 41.3 Å². The molecule has 0 spiro atoms. The molecule has 2 aliphatic rings. The second kappa shape index (κ2) is 11.1. The smallest absolute Gasteiger partial charge is 0.231 e. The van der Waals surface area contributed by atoms with Crippen molar-refractivity contribution in [1.29, 1.82) is 0 Å². The molecule has 6 heteroatoms. The van der Waals surface area contributed by atoms with Crippen molar-refractivity contribution in [2.75, 3.05) is 56.2 Å². The molecule has 184 valence electrons. The number of ether oxygens (including phenoxy) is 1. The highest BCUT2D eigenvalue weighted by Gasteiger charge is 2.28. The molecule has 5 rings (SSSR count). The fourth-order valence-corrected chi connectivity index (χ4v) is 5.39. The molecular weight excluding hydrogens is 436 g/mol. The van der Waals surface area contributed by atoms with Crippen LogP contribution in [0.25, 0.3) is 10.9 Å². The Kier molecular flexibility index (Phi) is 7.48. The first-order valence-corrected chi connectivity index (χ1v) is 13.0. The van der Waals surface area contributed by atoms with E-state index in [4.69, 9.17) is 9.72 Å². The summed E-state index contributed by atoms with van der Waals surface area (Å²) in [6.07, 6.45) is 5.56. The number of anilines is 2. The molecule has 6 nitrogen and oxygen atoms in total. The topological polar surface area (TPSA) is 48.9 Å². The monoisotopic (exact) mass is 472 g/mol. The van der Waals surface area contributed by atoms with Crippen molar-refractivity contribution in [3.8, 4) is 5.75 Å². The normalized spacial score (nSPS) is 17.5. The summed E-state index contributed by atoms with van der Waals surface area (Å²) in [5, 5.41) is 1.11. The molecule has 0 N–H and O–H groups in total. The first-order valence-electron chi connectivity index (χ1n) is 13.0. The van der Waals surface area contributed by atoms with E-state index in [0.717, 1.165) is 80.9 Å². The highest BCUT2D eigenvalue weighted by molar-refractivity contribution is 5.95. The number of rotatable bonds is 7. The van der Waals surface area contributed by atoms with Gasteiger partial charge < -0.3 is 9.64 Å². The van der Waals surface area contributed by atoms with Gasteiger partial charge in [-0.1, -0.05) is 43.5 Å². The zero-order valence-corrected chi connectivity index (χ0v) is 20.7. The number of pyridine rings is 1. The van der Waals surface area contributed by atoms with Gasteiger partial charge in [0.05, 0.1) is 12.6 Å². The van der Waals surface area contributed by atoms with Crippen molar-refractivity contribution in [1.82, 2.24) is 9.88 Å². The number of carbonyl (C=O) groups is 1. The maximum absolute atomic E-state index is 13.7. The number of amides is 1. The SMILES string of the molecule is COc1cccc(N2CCN(CCN(C(=O)C3CCCCC3)c3ccc4ccccc4n3)CC2)c1. The minimum absolute atomic E-state index is 0.127. The maximum Gasteiger partial charge on any atom is 0.231 e. The van der Waals surface area contributed by atoms with Crippen molar-refractivity contribution in [2.45, 2.75) is 32.1 Å². The zero-order chi connectivity index (χ0) is 24.0. The molecule has 1 aliphatic heterocycles. The van der Waals surface area contributed by atoms with Crippen LogP contribution < -0.4 is 14.5 Å². The van der Waals surface area contributed by atoms with Crippen molar-refractivity contribution in [3.05, 3.63) is 60.7 Å². The van der Waals surface area contributed by atoms with E-state index in [0.29, 0.717) is 6.54 Å². The second-order valence-corrected chi connectivity index (χ2v) is 9.72. The van der Waals surface area contributed by atoms with Crippen molar-refractivity contribution in [2.24, 2.45) is 5.92 Å². The third kappa shape index (κ3) is 5.59. The lowest BCUT2D eigenvalue weighted by Gasteiger charge is -2.37. The average molecular weight is 473 g/mol. The van der Waals surface area contributed by atoms with Gasteiger partial charge in [-0.15, -0.1) is 0 Å². The fraction of sp³-hybridized carbons (Fsp3) is 0.448. The summed E-state index contributed by atoms with van der Waals surface area (Å²) in [6.45, 7) is 5.44. The Hall–Kier alpha value is -3.12. The Labute approximate surface area is 208 Å². The molecule has 1 aromatic heterocycles. The van der Waals surface area contributed by atoms with Gasteiger partial charge in [-0.05, 0) is 43.2 Å². The van der Waals surface area contributed by atoms with Crippen LogP contribution in [0.5, 0.6) is 5.75 Å². The van der Waals surface area contributed by atoms with Gasteiger partial charge in [-0.2, -0.15) is 0 Å². The summed E-state index contributed by atoms with van der Waals surface area (Å²) < 4.78 is 5.39. The number of nitrogens with zero attached hydrogens (tertiary/aromatic N) is 4. The van der Waals surface area contributed by atoms with Crippen LogP contribution in [0.4, 0.5) is 11.5 Å². The number of para-hydroxylation sites is 1. The lowest BCUT2D eigenvalue weighted by Crippen LogP contribution is -2.49. The Morgan fingerprint density at radius 3 is 2.57 bits per heavy atom. The van der Waals surface area contributed by atoms with E-state index in [-0.39, 0.29) is 11.8 Å². The third-order valence-electron chi connectivity index (χ3n) is 7.51. The van der Waals surface area contributed by atoms with Gasteiger partial charge in [-0.3, -0.25) is 14.6 Å². The number of hydrogen-bond acceptors (Lipinski definition) is 5. The predicted octanol–water partition coefficient (Wildman–Crippen LogP) is 4.98. The molecule has 2 fully saturated rings. The van der Waals surface area contributed by atoms with Crippen LogP contribution in [-0.4, -0.2) is 62.2 Å². The van der Waals surface area contributed by atoms with Crippen LogP contribution in [0, 0.1) is 5.92 Å². The first kappa shape index (κ1) is 23.6. The standard InChI is InChI=1S/C29H36N4O2/c1-35-26-12-7-11-25(22-26)32-19-16-31(17-20-32)18-21-33(29(34)24-9-3-2-4-10-24)28-15-14-23-8-5-6-13-27(23)30-28/h5-8,11-15,22,24H,2-4,9-10,16-21H2,1H3. The summed E-state index contributed by atoms with van der Waals surface area (Å²) in [7, 11) is 1.71. The Balaban J connectivity index is 1.26. The van der Waals surface area contributed by atoms with Crippen molar-refractivity contribution >= 4 is 28.3 Å². The lowest BCUT2D eigenvalue weighted by molar-refractivity contribution is -0.123. The lowest BCUT2D eigenvalue weighted by atomic mass is 9.88. The summed E-state index contributed by atoms with van der Waals surface area (Å²) in [4.78, 5) is 25.4. The minimum atomic E-state index is 0.127. The number of benzene rings is 2. The number of hydrogen-bond donors (Lipinski definition) is 0. The van der Waals surface area contributed by atoms with Crippen LogP contribution in [0.15, 0.2) is 60.7 Å². The van der Waals surface area contributed by atoms with Gasteiger partial charge in [0.25, 0.3) is 0 Å². The summed E-state index contributed by atoms with van der Waals surface area (Å²) in [6, 6.07) is 20.5. The molecule has 0 unspecified atom stereocenters. The van der Waals surface area contributed by atoms with Crippen LogP contribution in [-0.2, 0) is 4.79 Å². The molecule has 0 bridgehead atoms. The molecule has 1 saturated heterocycles. The van der Waals surface area contributed by atoms with Gasteiger partial charge in [0, 0.05) is 62.3 Å². The highest BCUT2D eigenvalue weighted by atomic mass is 16.5. The Bertz CT molecular complexity index is 1140. The van der Waals surface area contributed by atoms with Crippen LogP contribution in [0.2, 0.25) is 0 Å². The quantitative estimate of drug-likeness (QED) is 0.485. The van der Waals surface area contributed by atoms with Gasteiger partial charge in [-0.25, -0.2) is 4.98 Å². The van der Waals surface area contributed by atoms with E-state index in [9.17, 15) is 4.79 Å². The zero-order valence-electron chi connectivity index (χ0n) is 20.7. The molecule has 35 heavy (non-hydrogen) atoms. The molecule has 1 saturated carbocycles. The number of fused-ring (bicyclic) bond motifs is 1. The average Bonchev–Trinajstić information content (AvgIpc) is 2.94. The molecule has 2 heterocycles. The minimum Gasteiger partial charge on any atom is -0.497 e. The van der Waals surface area contributed by atoms with E-state index in [1.165, 1.54) is 12.1 Å². The van der Waals surface area contributed by atoms with Crippen LogP contribution in [0.1, 0.15) is 32.1 Å². The molecule has 1 amide bonds. The molecule has 0 atom stereocenters. The third-order valence-corrected chi connectivity index (χ3v) is 7.51. The van der Waals surface area contributed by atoms with E-state index >= 15 is 0 Å². The van der Waals surface area contributed by atoms with Gasteiger partial charge >= 0.3 is 0 Å². The number of piperazine rings is 1. The molecule has 1 aliphatic carbocycles. The molecule has 2 aromatic carbocycles. The maximum atomic E-state index is 13.7. The second-order valence-electron chi connectivity index (χ2n) is 9.72. The number of carbonyl (C=O) groups excluding carboxylic acids is 1. The first-order chi connectivity index (χ1) is 17.2. The van der Waals surface area contributed by atoms with Crippen molar-refractivity contribution in [3.63, 3.8) is 0 Å². The van der Waals surface area contributed by atoms with Crippen LogP contribution in [0.3, 0.4) is 0 Å². The van der Waals surface area contributed by atoms with E-state index in [1.54, 1.807) is 7.11 Å². The Morgan fingerprint density at radius 2 is 1.77 bits per heavy atom. The molecule has 0 radical (unpaired) electrons.